The number of aliphatic hydroxyl groups is 1. The first-order valence-electron chi connectivity index (χ1n) is 7.19. The lowest BCUT2D eigenvalue weighted by Gasteiger charge is -2.15. The van der Waals surface area contributed by atoms with Crippen LogP contribution in [0.15, 0.2) is 61.2 Å². The predicted octanol–water partition coefficient (Wildman–Crippen LogP) is 2.57. The minimum Gasteiger partial charge on any atom is -0.378 e. The SMILES string of the molecule is C=C(NNC(=O)C(O)c1ccccc1)c1ccc(CC)cc1. The maximum atomic E-state index is 11.9. The van der Waals surface area contributed by atoms with Crippen LogP contribution in [0.1, 0.15) is 29.7 Å². The Balaban J connectivity index is 1.91. The van der Waals surface area contributed by atoms with Crippen molar-refractivity contribution >= 4 is 11.6 Å². The van der Waals surface area contributed by atoms with E-state index >= 15 is 0 Å². The molecule has 0 aliphatic carbocycles. The maximum absolute atomic E-state index is 11.9. The number of carbonyl (C=O) groups is 1. The summed E-state index contributed by atoms with van der Waals surface area (Å²) in [6.07, 6.45) is -0.246. The van der Waals surface area contributed by atoms with Gasteiger partial charge in [0.1, 0.15) is 0 Å². The lowest BCUT2D eigenvalue weighted by Crippen LogP contribution is -2.39. The van der Waals surface area contributed by atoms with Crippen LogP contribution in [-0.2, 0) is 11.2 Å². The summed E-state index contributed by atoms with van der Waals surface area (Å²) >= 11 is 0. The van der Waals surface area contributed by atoms with Gasteiger partial charge < -0.3 is 5.11 Å². The molecule has 0 aliphatic rings. The molecule has 0 aromatic heterocycles. The smallest absolute Gasteiger partial charge is 0.271 e. The highest BCUT2D eigenvalue weighted by molar-refractivity contribution is 5.82. The molecular formula is C18H20N2O2. The third-order valence-electron chi connectivity index (χ3n) is 3.41. The minimum atomic E-state index is -1.22. The molecule has 0 heterocycles. The molecule has 0 fully saturated rings. The van der Waals surface area contributed by atoms with E-state index < -0.39 is 12.0 Å². The average molecular weight is 296 g/mol. The summed E-state index contributed by atoms with van der Waals surface area (Å²) in [5, 5.41) is 9.96. The Labute approximate surface area is 130 Å². The standard InChI is InChI=1S/C18H20N2O2/c1-3-14-9-11-15(12-10-14)13(2)19-20-18(22)17(21)16-7-5-4-6-8-16/h4-12,17,19,21H,2-3H2,1H3,(H,20,22). The monoisotopic (exact) mass is 296 g/mol. The first kappa shape index (κ1) is 15.8. The summed E-state index contributed by atoms with van der Waals surface area (Å²) < 4.78 is 0. The third-order valence-corrected chi connectivity index (χ3v) is 3.41. The zero-order valence-corrected chi connectivity index (χ0v) is 12.5. The summed E-state index contributed by atoms with van der Waals surface area (Å²) in [5.74, 6) is -0.530. The molecule has 0 spiro atoms. The number of aryl methyl sites for hydroxylation is 1. The lowest BCUT2D eigenvalue weighted by atomic mass is 10.1. The Morgan fingerprint density at radius 2 is 1.73 bits per heavy atom. The molecule has 2 aromatic rings. The van der Waals surface area contributed by atoms with Crippen LogP contribution in [0.2, 0.25) is 0 Å². The number of benzene rings is 2. The molecule has 0 radical (unpaired) electrons. The molecule has 3 N–H and O–H groups in total. The van der Waals surface area contributed by atoms with Gasteiger partial charge in [-0.2, -0.15) is 0 Å². The molecule has 1 amide bonds. The largest absolute Gasteiger partial charge is 0.378 e. The van der Waals surface area contributed by atoms with Crippen LogP contribution in [-0.4, -0.2) is 11.0 Å². The van der Waals surface area contributed by atoms with Gasteiger partial charge >= 0.3 is 0 Å². The van der Waals surface area contributed by atoms with Gasteiger partial charge in [0.05, 0.1) is 5.70 Å². The van der Waals surface area contributed by atoms with E-state index in [2.05, 4.69) is 24.4 Å². The maximum Gasteiger partial charge on any atom is 0.271 e. The van der Waals surface area contributed by atoms with E-state index in [1.165, 1.54) is 5.56 Å². The summed E-state index contributed by atoms with van der Waals surface area (Å²) in [4.78, 5) is 11.9. The molecule has 1 unspecified atom stereocenters. The molecule has 2 rings (SSSR count). The summed E-state index contributed by atoms with van der Waals surface area (Å²) in [6.45, 7) is 5.97. The van der Waals surface area contributed by atoms with Crippen LogP contribution in [0.4, 0.5) is 0 Å². The van der Waals surface area contributed by atoms with Crippen LogP contribution in [0, 0.1) is 0 Å². The Bertz CT molecular complexity index is 636. The average Bonchev–Trinajstić information content (AvgIpc) is 2.59. The Morgan fingerprint density at radius 3 is 2.32 bits per heavy atom. The topological polar surface area (TPSA) is 61.4 Å². The van der Waals surface area contributed by atoms with Crippen LogP contribution in [0.25, 0.3) is 5.70 Å². The van der Waals surface area contributed by atoms with Crippen LogP contribution >= 0.6 is 0 Å². The number of aliphatic hydroxyl groups excluding tert-OH is 1. The molecule has 0 bridgehead atoms. The van der Waals surface area contributed by atoms with Crippen molar-refractivity contribution in [1.29, 1.82) is 0 Å². The highest BCUT2D eigenvalue weighted by atomic mass is 16.3. The predicted molar refractivity (Wildman–Crippen MR) is 87.5 cm³/mol. The van der Waals surface area contributed by atoms with Crippen molar-refractivity contribution in [3.05, 3.63) is 77.9 Å². The summed E-state index contributed by atoms with van der Waals surface area (Å²) in [5.41, 5.74) is 8.43. The van der Waals surface area contributed by atoms with Crippen molar-refractivity contribution in [1.82, 2.24) is 10.9 Å². The Hall–Kier alpha value is -2.59. The van der Waals surface area contributed by atoms with Crippen LogP contribution in [0.3, 0.4) is 0 Å². The molecule has 1 atom stereocenters. The van der Waals surface area contributed by atoms with E-state index in [9.17, 15) is 9.90 Å². The van der Waals surface area contributed by atoms with Gasteiger partial charge in [-0.15, -0.1) is 0 Å². The zero-order chi connectivity index (χ0) is 15.9. The second kappa shape index (κ2) is 7.43. The molecule has 22 heavy (non-hydrogen) atoms. The molecule has 4 heteroatoms. The fourth-order valence-corrected chi connectivity index (χ4v) is 2.01. The van der Waals surface area contributed by atoms with E-state index in [0.29, 0.717) is 11.3 Å². The fraction of sp³-hybridized carbons (Fsp3) is 0.167. The van der Waals surface area contributed by atoms with Crippen molar-refractivity contribution in [2.45, 2.75) is 19.4 Å². The van der Waals surface area contributed by atoms with E-state index in [1.54, 1.807) is 24.3 Å². The fourth-order valence-electron chi connectivity index (χ4n) is 2.01. The number of hydrogen-bond donors (Lipinski definition) is 3. The van der Waals surface area contributed by atoms with Crippen molar-refractivity contribution < 1.29 is 9.90 Å². The molecular weight excluding hydrogens is 276 g/mol. The van der Waals surface area contributed by atoms with Gasteiger partial charge in [-0.25, -0.2) is 0 Å². The zero-order valence-electron chi connectivity index (χ0n) is 12.5. The van der Waals surface area contributed by atoms with E-state index in [1.807, 2.05) is 30.3 Å². The second-order valence-corrected chi connectivity index (χ2v) is 4.96. The minimum absolute atomic E-state index is 0.530. The van der Waals surface area contributed by atoms with E-state index in [0.717, 1.165) is 12.0 Å². The number of rotatable bonds is 6. The van der Waals surface area contributed by atoms with E-state index in [-0.39, 0.29) is 0 Å². The number of carbonyl (C=O) groups excluding carboxylic acids is 1. The summed E-state index contributed by atoms with van der Waals surface area (Å²) in [7, 11) is 0. The highest BCUT2D eigenvalue weighted by Crippen LogP contribution is 2.13. The molecule has 4 nitrogen and oxygen atoms in total. The van der Waals surface area contributed by atoms with Gasteiger partial charge in [-0.3, -0.25) is 15.6 Å². The lowest BCUT2D eigenvalue weighted by molar-refractivity contribution is -0.130. The van der Waals surface area contributed by atoms with Crippen molar-refractivity contribution in [3.8, 4) is 0 Å². The van der Waals surface area contributed by atoms with Gasteiger partial charge in [-0.05, 0) is 23.1 Å². The Kier molecular flexibility index (Phi) is 5.33. The van der Waals surface area contributed by atoms with Crippen molar-refractivity contribution in [2.75, 3.05) is 0 Å². The van der Waals surface area contributed by atoms with Gasteiger partial charge in [0.15, 0.2) is 6.10 Å². The van der Waals surface area contributed by atoms with Crippen LogP contribution < -0.4 is 10.9 Å². The summed E-state index contributed by atoms with van der Waals surface area (Å²) in [6, 6.07) is 16.7. The number of amides is 1. The van der Waals surface area contributed by atoms with Crippen LogP contribution in [0.5, 0.6) is 0 Å². The highest BCUT2D eigenvalue weighted by Gasteiger charge is 2.16. The first-order chi connectivity index (χ1) is 10.6. The number of hydrogen-bond acceptors (Lipinski definition) is 3. The molecule has 0 aliphatic heterocycles. The molecule has 2 aromatic carbocycles. The van der Waals surface area contributed by atoms with Gasteiger partial charge in [0.2, 0.25) is 0 Å². The van der Waals surface area contributed by atoms with Gasteiger partial charge in [0, 0.05) is 0 Å². The van der Waals surface area contributed by atoms with Crippen molar-refractivity contribution in [3.63, 3.8) is 0 Å². The quantitative estimate of drug-likeness (QED) is 0.718. The number of nitrogens with one attached hydrogen (secondary N) is 2. The first-order valence-corrected chi connectivity index (χ1v) is 7.19. The molecule has 0 saturated heterocycles. The second-order valence-electron chi connectivity index (χ2n) is 4.96. The normalized spacial score (nSPS) is 11.5. The van der Waals surface area contributed by atoms with E-state index in [4.69, 9.17) is 0 Å². The molecule has 114 valence electrons. The third kappa shape index (κ3) is 3.96. The van der Waals surface area contributed by atoms with Gasteiger partial charge in [-0.1, -0.05) is 68.1 Å². The number of hydrazine groups is 1. The van der Waals surface area contributed by atoms with Crippen molar-refractivity contribution in [2.24, 2.45) is 0 Å². The Morgan fingerprint density at radius 1 is 1.09 bits per heavy atom. The van der Waals surface area contributed by atoms with Gasteiger partial charge in [0.25, 0.3) is 5.91 Å². The molecule has 0 saturated carbocycles.